The maximum atomic E-state index is 9.86. The Morgan fingerprint density at radius 1 is 1.33 bits per heavy atom. The molecule has 0 fully saturated rings. The first-order chi connectivity index (χ1) is 11.6. The molecule has 6 heteroatoms. The minimum Gasteiger partial charge on any atom is -0.399 e. The average Bonchev–Trinajstić information content (AvgIpc) is 2.62. The van der Waals surface area contributed by atoms with Crippen molar-refractivity contribution in [2.24, 2.45) is 17.1 Å². The van der Waals surface area contributed by atoms with Gasteiger partial charge in [0.1, 0.15) is 6.07 Å². The van der Waals surface area contributed by atoms with Gasteiger partial charge in [0, 0.05) is 37.3 Å². The minimum absolute atomic E-state index is 0.0518. The lowest BCUT2D eigenvalue weighted by Gasteiger charge is -2.44. The third-order valence-electron chi connectivity index (χ3n) is 4.89. The van der Waals surface area contributed by atoms with Gasteiger partial charge in [-0.25, -0.2) is 0 Å². The molecule has 0 aromatic carbocycles. The number of nitriles is 3. The lowest BCUT2D eigenvalue weighted by Crippen LogP contribution is -2.47. The fourth-order valence-electron chi connectivity index (χ4n) is 3.76. The van der Waals surface area contributed by atoms with Crippen molar-refractivity contribution in [1.82, 2.24) is 9.88 Å². The van der Waals surface area contributed by atoms with Crippen molar-refractivity contribution in [2.75, 3.05) is 20.1 Å². The summed E-state index contributed by atoms with van der Waals surface area (Å²) >= 11 is 0. The van der Waals surface area contributed by atoms with Gasteiger partial charge in [0.25, 0.3) is 0 Å². The van der Waals surface area contributed by atoms with E-state index < -0.39 is 11.3 Å². The second-order valence-electron chi connectivity index (χ2n) is 6.18. The number of allylic oxidation sites excluding steroid dienone is 2. The predicted molar refractivity (Wildman–Crippen MR) is 86.5 cm³/mol. The van der Waals surface area contributed by atoms with E-state index in [1.54, 1.807) is 18.5 Å². The van der Waals surface area contributed by atoms with E-state index in [9.17, 15) is 15.8 Å². The molecule has 1 aromatic rings. The van der Waals surface area contributed by atoms with Gasteiger partial charge in [-0.3, -0.25) is 4.98 Å². The van der Waals surface area contributed by atoms with Crippen LogP contribution in [0.15, 0.2) is 47.4 Å². The summed E-state index contributed by atoms with van der Waals surface area (Å²) in [4.78, 5) is 6.25. The zero-order valence-corrected chi connectivity index (χ0v) is 13.3. The topological polar surface area (TPSA) is 114 Å². The van der Waals surface area contributed by atoms with Gasteiger partial charge < -0.3 is 10.6 Å². The van der Waals surface area contributed by atoms with E-state index in [4.69, 9.17) is 5.73 Å². The first kappa shape index (κ1) is 15.7. The Bertz CT molecular complexity index is 832. The molecule has 1 aromatic heterocycles. The Morgan fingerprint density at radius 3 is 2.67 bits per heavy atom. The number of pyridine rings is 1. The highest BCUT2D eigenvalue weighted by atomic mass is 15.1. The van der Waals surface area contributed by atoms with Crippen molar-refractivity contribution in [3.8, 4) is 18.2 Å². The Morgan fingerprint density at radius 2 is 2.08 bits per heavy atom. The summed E-state index contributed by atoms with van der Waals surface area (Å²) in [6.45, 7) is 1.35. The first-order valence-electron chi connectivity index (χ1n) is 7.60. The number of hydrogen-bond acceptors (Lipinski definition) is 6. The van der Waals surface area contributed by atoms with Gasteiger partial charge in [0.2, 0.25) is 0 Å². The van der Waals surface area contributed by atoms with Crippen LogP contribution in [-0.4, -0.2) is 30.0 Å². The van der Waals surface area contributed by atoms with Crippen molar-refractivity contribution in [3.05, 3.63) is 53.0 Å². The molecule has 118 valence electrons. The Hall–Kier alpha value is -3.14. The summed E-state index contributed by atoms with van der Waals surface area (Å²) < 4.78 is 0. The van der Waals surface area contributed by atoms with Gasteiger partial charge in [-0.1, -0.05) is 12.1 Å². The molecule has 1 aliphatic carbocycles. The van der Waals surface area contributed by atoms with Gasteiger partial charge in [-0.15, -0.1) is 0 Å². The van der Waals surface area contributed by atoms with E-state index >= 15 is 0 Å². The molecule has 0 radical (unpaired) electrons. The molecule has 24 heavy (non-hydrogen) atoms. The first-order valence-corrected chi connectivity index (χ1v) is 7.60. The van der Waals surface area contributed by atoms with Crippen molar-refractivity contribution in [2.45, 2.75) is 5.92 Å². The highest BCUT2D eigenvalue weighted by Gasteiger charge is 2.54. The highest BCUT2D eigenvalue weighted by Crippen LogP contribution is 2.53. The molecular formula is C18H16N6. The standard InChI is InChI=1S/C18H16N6/c1-24-6-4-13-14(7-19)17(22)18(10-20,11-21)16(15(13)9-24)12-3-2-5-23-8-12/h2-5,8,15-16H,6,9,22H2,1H3/t15-,16+/m1/s1. The van der Waals surface area contributed by atoms with Crippen LogP contribution in [0.2, 0.25) is 0 Å². The van der Waals surface area contributed by atoms with Gasteiger partial charge in [-0.05, 0) is 24.3 Å². The molecule has 0 unspecified atom stereocenters. The van der Waals surface area contributed by atoms with Gasteiger partial charge in [0.05, 0.1) is 23.4 Å². The van der Waals surface area contributed by atoms with Crippen LogP contribution >= 0.6 is 0 Å². The fourth-order valence-corrected chi connectivity index (χ4v) is 3.76. The van der Waals surface area contributed by atoms with Crippen LogP contribution in [0, 0.1) is 45.3 Å². The molecule has 0 spiro atoms. The summed E-state index contributed by atoms with van der Waals surface area (Å²) in [5.74, 6) is -0.624. The van der Waals surface area contributed by atoms with E-state index in [2.05, 4.69) is 28.1 Å². The van der Waals surface area contributed by atoms with Crippen LogP contribution in [-0.2, 0) is 0 Å². The minimum atomic E-state index is -1.58. The lowest BCUT2D eigenvalue weighted by atomic mass is 9.58. The molecule has 0 saturated heterocycles. The molecule has 0 bridgehead atoms. The molecule has 2 heterocycles. The molecule has 2 aliphatic rings. The fraction of sp³-hybridized carbons (Fsp3) is 0.333. The van der Waals surface area contributed by atoms with E-state index in [0.717, 1.165) is 11.1 Å². The third-order valence-corrected chi connectivity index (χ3v) is 4.89. The number of nitrogens with two attached hydrogens (primary N) is 1. The molecular weight excluding hydrogens is 300 g/mol. The summed E-state index contributed by atoms with van der Waals surface area (Å²) in [6.07, 6.45) is 5.29. The van der Waals surface area contributed by atoms with Gasteiger partial charge >= 0.3 is 0 Å². The van der Waals surface area contributed by atoms with Crippen molar-refractivity contribution >= 4 is 0 Å². The molecule has 6 nitrogen and oxygen atoms in total. The number of rotatable bonds is 1. The molecule has 3 rings (SSSR count). The van der Waals surface area contributed by atoms with Crippen LogP contribution in [0.25, 0.3) is 0 Å². The van der Waals surface area contributed by atoms with Crippen LogP contribution in [0.3, 0.4) is 0 Å². The van der Waals surface area contributed by atoms with Gasteiger partial charge in [0.15, 0.2) is 5.41 Å². The molecule has 0 amide bonds. The Kier molecular flexibility index (Phi) is 3.81. The second kappa shape index (κ2) is 5.81. The number of fused-ring (bicyclic) bond motifs is 1. The monoisotopic (exact) mass is 316 g/mol. The van der Waals surface area contributed by atoms with Crippen LogP contribution < -0.4 is 5.73 Å². The largest absolute Gasteiger partial charge is 0.399 e. The lowest BCUT2D eigenvalue weighted by molar-refractivity contribution is 0.237. The zero-order chi connectivity index (χ0) is 17.3. The predicted octanol–water partition coefficient (Wildman–Crippen LogP) is 1.44. The van der Waals surface area contributed by atoms with E-state index in [1.807, 2.05) is 19.2 Å². The quantitative estimate of drug-likeness (QED) is 0.838. The van der Waals surface area contributed by atoms with Crippen LogP contribution in [0.5, 0.6) is 0 Å². The molecule has 1 aliphatic heterocycles. The number of nitrogens with zero attached hydrogens (tertiary/aromatic N) is 5. The van der Waals surface area contributed by atoms with Crippen molar-refractivity contribution in [3.63, 3.8) is 0 Å². The summed E-state index contributed by atoms with van der Waals surface area (Å²) in [5, 5.41) is 29.3. The maximum absolute atomic E-state index is 9.86. The average molecular weight is 316 g/mol. The molecule has 2 atom stereocenters. The number of likely N-dealkylation sites (N-methyl/N-ethyl adjacent to an activating group) is 1. The number of hydrogen-bond donors (Lipinski definition) is 1. The smallest absolute Gasteiger partial charge is 0.191 e. The summed E-state index contributed by atoms with van der Waals surface area (Å²) in [5.41, 5.74) is 6.57. The van der Waals surface area contributed by atoms with Crippen molar-refractivity contribution in [1.29, 1.82) is 15.8 Å². The third kappa shape index (κ3) is 2.07. The zero-order valence-electron chi connectivity index (χ0n) is 13.3. The number of aromatic nitrogens is 1. The normalized spacial score (nSPS) is 25.7. The molecule has 0 saturated carbocycles. The van der Waals surface area contributed by atoms with Crippen LogP contribution in [0.4, 0.5) is 0 Å². The SMILES string of the molecule is CN1CC=C2C(C#N)=C(N)C(C#N)(C#N)[C@@H](c3cccnc3)[C@@H]2C1. The van der Waals surface area contributed by atoms with Crippen LogP contribution in [0.1, 0.15) is 11.5 Å². The molecule has 2 N–H and O–H groups in total. The second-order valence-corrected chi connectivity index (χ2v) is 6.18. The summed E-state index contributed by atoms with van der Waals surface area (Å²) in [7, 11) is 1.97. The summed E-state index contributed by atoms with van der Waals surface area (Å²) in [6, 6.07) is 9.97. The van der Waals surface area contributed by atoms with Crippen molar-refractivity contribution < 1.29 is 0 Å². The van der Waals surface area contributed by atoms with Gasteiger partial charge in [-0.2, -0.15) is 15.8 Å². The Balaban J connectivity index is 2.33. The maximum Gasteiger partial charge on any atom is 0.191 e. The Labute approximate surface area is 140 Å². The van der Waals surface area contributed by atoms with E-state index in [0.29, 0.717) is 13.1 Å². The van der Waals surface area contributed by atoms with E-state index in [-0.39, 0.29) is 17.2 Å². The van der Waals surface area contributed by atoms with E-state index in [1.165, 1.54) is 0 Å². The highest BCUT2D eigenvalue weighted by molar-refractivity contribution is 5.59.